The van der Waals surface area contributed by atoms with Crippen LogP contribution in [0.15, 0.2) is 72.3 Å². The maximum absolute atomic E-state index is 13.3. The third-order valence-corrected chi connectivity index (χ3v) is 6.73. The first-order chi connectivity index (χ1) is 16.4. The first-order valence-electron chi connectivity index (χ1n) is 10.5. The molecule has 1 saturated heterocycles. The van der Waals surface area contributed by atoms with Crippen molar-refractivity contribution in [2.45, 2.75) is 13.0 Å². The number of thiazole rings is 1. The number of aliphatic hydroxyl groups excluding tert-OH is 1. The van der Waals surface area contributed by atoms with E-state index >= 15 is 0 Å². The number of aliphatic hydroxyl groups is 1. The molecule has 1 atom stereocenters. The highest BCUT2D eigenvalue weighted by atomic mass is 32.1. The summed E-state index contributed by atoms with van der Waals surface area (Å²) in [5, 5.41) is 21.7. The van der Waals surface area contributed by atoms with Crippen LogP contribution in [0.4, 0.5) is 5.13 Å². The molecular formula is C26H20N2O5S. The average Bonchev–Trinajstić information content (AvgIpc) is 3.36. The Balaban J connectivity index is 1.74. The number of ketones is 1. The van der Waals surface area contributed by atoms with Crippen molar-refractivity contribution < 1.29 is 24.5 Å². The number of hydrogen-bond acceptors (Lipinski definition) is 7. The van der Waals surface area contributed by atoms with E-state index in [1.807, 2.05) is 25.1 Å². The van der Waals surface area contributed by atoms with Gasteiger partial charge >= 0.3 is 5.91 Å². The summed E-state index contributed by atoms with van der Waals surface area (Å²) in [6, 6.07) is 17.7. The van der Waals surface area contributed by atoms with Crippen LogP contribution in [0, 0.1) is 6.92 Å². The SMILES string of the molecule is COc1cccc(C(O)=C2C(=O)C(=O)N(c3nc4ccc(C)cc4s3)[C@H]2c2cccc(O)c2)c1. The molecular weight excluding hydrogens is 452 g/mol. The summed E-state index contributed by atoms with van der Waals surface area (Å²) in [7, 11) is 1.50. The van der Waals surface area contributed by atoms with Gasteiger partial charge in [-0.3, -0.25) is 14.5 Å². The highest BCUT2D eigenvalue weighted by Crippen LogP contribution is 2.45. The van der Waals surface area contributed by atoms with E-state index in [9.17, 15) is 19.8 Å². The van der Waals surface area contributed by atoms with Crippen molar-refractivity contribution in [2.75, 3.05) is 12.0 Å². The summed E-state index contributed by atoms with van der Waals surface area (Å²) in [6.07, 6.45) is 0. The van der Waals surface area contributed by atoms with E-state index in [1.54, 1.807) is 36.4 Å². The van der Waals surface area contributed by atoms with E-state index in [4.69, 9.17) is 4.74 Å². The van der Waals surface area contributed by atoms with Crippen LogP contribution >= 0.6 is 11.3 Å². The number of Topliss-reactive ketones (excluding diaryl/α,β-unsaturated/α-hetero) is 1. The molecule has 0 bridgehead atoms. The van der Waals surface area contributed by atoms with Gasteiger partial charge in [-0.05, 0) is 54.4 Å². The lowest BCUT2D eigenvalue weighted by Crippen LogP contribution is -2.29. The molecule has 2 N–H and O–H groups in total. The number of phenolic OH excluding ortho intramolecular Hbond substituents is 1. The molecule has 0 unspecified atom stereocenters. The average molecular weight is 473 g/mol. The molecule has 0 radical (unpaired) electrons. The molecule has 0 spiro atoms. The zero-order valence-corrected chi connectivity index (χ0v) is 19.2. The number of aryl methyl sites for hydroxylation is 1. The predicted molar refractivity (Wildman–Crippen MR) is 130 cm³/mol. The Morgan fingerprint density at radius 3 is 2.62 bits per heavy atom. The molecule has 0 aliphatic carbocycles. The first-order valence-corrected chi connectivity index (χ1v) is 11.3. The van der Waals surface area contributed by atoms with Crippen LogP contribution in [-0.4, -0.2) is 34.0 Å². The van der Waals surface area contributed by atoms with Gasteiger partial charge < -0.3 is 14.9 Å². The van der Waals surface area contributed by atoms with Crippen molar-refractivity contribution in [1.29, 1.82) is 0 Å². The van der Waals surface area contributed by atoms with Gasteiger partial charge in [-0.1, -0.05) is 41.7 Å². The number of ether oxygens (including phenoxy) is 1. The standard InChI is InChI=1S/C26H20N2O5S/c1-14-9-10-19-20(11-14)34-26(27-19)28-22(15-5-3-7-17(29)12-15)21(24(31)25(28)32)23(30)16-6-4-8-18(13-16)33-2/h3-13,22,29-30H,1-2H3/t22-/m0/s1. The fourth-order valence-corrected chi connectivity index (χ4v) is 5.18. The van der Waals surface area contributed by atoms with Gasteiger partial charge in [0.25, 0.3) is 5.78 Å². The molecule has 170 valence electrons. The van der Waals surface area contributed by atoms with Gasteiger partial charge in [-0.2, -0.15) is 0 Å². The van der Waals surface area contributed by atoms with E-state index in [2.05, 4.69) is 4.98 Å². The van der Waals surface area contributed by atoms with Crippen molar-refractivity contribution in [3.63, 3.8) is 0 Å². The molecule has 0 saturated carbocycles. The van der Waals surface area contributed by atoms with Crippen molar-refractivity contribution >= 4 is 44.1 Å². The van der Waals surface area contributed by atoms with Crippen molar-refractivity contribution in [2.24, 2.45) is 0 Å². The number of benzene rings is 3. The van der Waals surface area contributed by atoms with E-state index in [0.717, 1.165) is 10.3 Å². The van der Waals surface area contributed by atoms with Crippen LogP contribution < -0.4 is 9.64 Å². The van der Waals surface area contributed by atoms with Gasteiger partial charge in [-0.15, -0.1) is 0 Å². The Morgan fingerprint density at radius 1 is 1.06 bits per heavy atom. The number of aromatic nitrogens is 1. The molecule has 8 heteroatoms. The number of carbonyl (C=O) groups excluding carboxylic acids is 2. The van der Waals surface area contributed by atoms with Crippen molar-refractivity contribution in [3.8, 4) is 11.5 Å². The number of carbonyl (C=O) groups is 2. The van der Waals surface area contributed by atoms with Crippen LogP contribution in [0.2, 0.25) is 0 Å². The third kappa shape index (κ3) is 3.58. The van der Waals surface area contributed by atoms with Gasteiger partial charge in [0, 0.05) is 5.56 Å². The highest BCUT2D eigenvalue weighted by molar-refractivity contribution is 7.22. The first kappa shape index (κ1) is 21.7. The predicted octanol–water partition coefficient (Wildman–Crippen LogP) is 4.95. The van der Waals surface area contributed by atoms with E-state index in [0.29, 0.717) is 27.5 Å². The number of fused-ring (bicyclic) bond motifs is 1. The zero-order chi connectivity index (χ0) is 24.0. The number of phenols is 1. The Morgan fingerprint density at radius 2 is 1.85 bits per heavy atom. The molecule has 5 rings (SSSR count). The number of hydrogen-bond donors (Lipinski definition) is 2. The lowest BCUT2D eigenvalue weighted by atomic mass is 9.95. The van der Waals surface area contributed by atoms with Crippen LogP contribution in [-0.2, 0) is 9.59 Å². The van der Waals surface area contributed by atoms with Gasteiger partial charge in [0.05, 0.1) is 28.9 Å². The zero-order valence-electron chi connectivity index (χ0n) is 18.4. The number of anilines is 1. The van der Waals surface area contributed by atoms with Crippen LogP contribution in [0.25, 0.3) is 16.0 Å². The maximum Gasteiger partial charge on any atom is 0.301 e. The summed E-state index contributed by atoms with van der Waals surface area (Å²) < 4.78 is 6.11. The molecule has 1 fully saturated rings. The molecule has 34 heavy (non-hydrogen) atoms. The van der Waals surface area contributed by atoms with Crippen molar-refractivity contribution in [3.05, 3.63) is 89.0 Å². The summed E-state index contributed by atoms with van der Waals surface area (Å²) in [6.45, 7) is 1.96. The summed E-state index contributed by atoms with van der Waals surface area (Å²) >= 11 is 1.29. The normalized spacial score (nSPS) is 17.5. The fourth-order valence-electron chi connectivity index (χ4n) is 4.09. The minimum Gasteiger partial charge on any atom is -0.508 e. The second-order valence-electron chi connectivity index (χ2n) is 7.96. The van der Waals surface area contributed by atoms with Crippen LogP contribution in [0.1, 0.15) is 22.7 Å². The lowest BCUT2D eigenvalue weighted by molar-refractivity contribution is -0.132. The second-order valence-corrected chi connectivity index (χ2v) is 8.97. The number of rotatable bonds is 4. The molecule has 1 aliphatic rings. The van der Waals surface area contributed by atoms with E-state index in [1.165, 1.54) is 35.5 Å². The number of nitrogens with zero attached hydrogens (tertiary/aromatic N) is 2. The number of aromatic hydroxyl groups is 1. The minimum atomic E-state index is -0.972. The number of amides is 1. The fraction of sp³-hybridized carbons (Fsp3) is 0.115. The summed E-state index contributed by atoms with van der Waals surface area (Å²) in [5.74, 6) is -1.49. The van der Waals surface area contributed by atoms with Crippen molar-refractivity contribution in [1.82, 2.24) is 4.98 Å². The maximum atomic E-state index is 13.3. The minimum absolute atomic E-state index is 0.0237. The van der Waals surface area contributed by atoms with Gasteiger partial charge in [0.15, 0.2) is 5.13 Å². The molecule has 1 aromatic heterocycles. The van der Waals surface area contributed by atoms with Gasteiger partial charge in [0.2, 0.25) is 0 Å². The molecule has 2 heterocycles. The molecule has 1 aliphatic heterocycles. The number of methoxy groups -OCH3 is 1. The van der Waals surface area contributed by atoms with Gasteiger partial charge in [0.1, 0.15) is 17.3 Å². The molecule has 3 aromatic carbocycles. The Hall–Kier alpha value is -4.17. The second kappa shape index (κ2) is 8.31. The largest absolute Gasteiger partial charge is 0.508 e. The summed E-state index contributed by atoms with van der Waals surface area (Å²) in [5.41, 5.74) is 2.48. The quantitative estimate of drug-likeness (QED) is 0.248. The Kier molecular flexibility index (Phi) is 5.30. The van der Waals surface area contributed by atoms with Gasteiger partial charge in [-0.25, -0.2) is 4.98 Å². The van der Waals surface area contributed by atoms with E-state index < -0.39 is 17.7 Å². The topological polar surface area (TPSA) is 100.0 Å². The smallest absolute Gasteiger partial charge is 0.301 e. The lowest BCUT2D eigenvalue weighted by Gasteiger charge is -2.23. The summed E-state index contributed by atoms with van der Waals surface area (Å²) in [4.78, 5) is 32.5. The van der Waals surface area contributed by atoms with E-state index in [-0.39, 0.29) is 17.1 Å². The van der Waals surface area contributed by atoms with Crippen LogP contribution in [0.5, 0.6) is 11.5 Å². The molecule has 7 nitrogen and oxygen atoms in total. The molecule has 1 amide bonds. The molecule has 4 aromatic rings. The van der Waals surface area contributed by atoms with Crippen LogP contribution in [0.3, 0.4) is 0 Å². The highest BCUT2D eigenvalue weighted by Gasteiger charge is 2.48. The third-order valence-electron chi connectivity index (χ3n) is 5.71. The Labute approximate surface area is 199 Å². The monoisotopic (exact) mass is 472 g/mol. The Bertz CT molecular complexity index is 1490.